The van der Waals surface area contributed by atoms with Crippen LogP contribution in [0.1, 0.15) is 35.7 Å². The molecule has 31 heavy (non-hydrogen) atoms. The standard InChI is InChI=1S/C23H22ClNO6/c1-3-4-9-25-22(27)18-11-15-5-7-17(12-20(15)31-23(18)28)30-21(26)13-29-19-8-6-16(24)10-14(19)2/h5-8,10-12H,3-4,9,13H2,1-2H3,(H,25,27). The van der Waals surface area contributed by atoms with E-state index in [-0.39, 0.29) is 23.5 Å². The van der Waals surface area contributed by atoms with E-state index in [9.17, 15) is 14.4 Å². The van der Waals surface area contributed by atoms with E-state index in [4.69, 9.17) is 25.5 Å². The zero-order valence-corrected chi connectivity index (χ0v) is 18.0. The van der Waals surface area contributed by atoms with Crippen LogP contribution >= 0.6 is 11.6 Å². The van der Waals surface area contributed by atoms with Gasteiger partial charge >= 0.3 is 11.6 Å². The number of benzene rings is 2. The summed E-state index contributed by atoms with van der Waals surface area (Å²) >= 11 is 5.90. The Balaban J connectivity index is 1.67. The Hall–Kier alpha value is -3.32. The summed E-state index contributed by atoms with van der Waals surface area (Å²) in [5, 5.41) is 3.80. The third-order valence-electron chi connectivity index (χ3n) is 4.48. The maximum absolute atomic E-state index is 12.2. The molecule has 3 rings (SSSR count). The fourth-order valence-corrected chi connectivity index (χ4v) is 3.09. The van der Waals surface area contributed by atoms with Crippen molar-refractivity contribution in [1.82, 2.24) is 5.32 Å². The zero-order chi connectivity index (χ0) is 22.4. The van der Waals surface area contributed by atoms with E-state index in [1.165, 1.54) is 12.1 Å². The fraction of sp³-hybridized carbons (Fsp3) is 0.261. The second kappa shape index (κ2) is 10.1. The first-order valence-electron chi connectivity index (χ1n) is 9.83. The molecule has 3 aromatic rings. The quantitative estimate of drug-likeness (QED) is 0.242. The molecule has 0 aliphatic carbocycles. The van der Waals surface area contributed by atoms with Crippen LogP contribution in [-0.4, -0.2) is 25.0 Å². The summed E-state index contributed by atoms with van der Waals surface area (Å²) < 4.78 is 16.0. The molecule has 162 valence electrons. The number of hydrogen-bond donors (Lipinski definition) is 1. The van der Waals surface area contributed by atoms with E-state index in [2.05, 4.69) is 5.32 Å². The molecule has 2 aromatic carbocycles. The number of nitrogens with one attached hydrogen (secondary N) is 1. The van der Waals surface area contributed by atoms with Crippen LogP contribution in [0.2, 0.25) is 5.02 Å². The average molecular weight is 444 g/mol. The second-order valence-electron chi connectivity index (χ2n) is 6.93. The normalized spacial score (nSPS) is 10.7. The first-order chi connectivity index (χ1) is 14.9. The summed E-state index contributed by atoms with van der Waals surface area (Å²) in [6, 6.07) is 11.1. The van der Waals surface area contributed by atoms with Crippen LogP contribution in [0.4, 0.5) is 0 Å². The molecule has 8 heteroatoms. The molecule has 0 radical (unpaired) electrons. The largest absolute Gasteiger partial charge is 0.482 e. The van der Waals surface area contributed by atoms with Crippen molar-refractivity contribution in [2.45, 2.75) is 26.7 Å². The van der Waals surface area contributed by atoms with Gasteiger partial charge in [0.2, 0.25) is 0 Å². The van der Waals surface area contributed by atoms with E-state index < -0.39 is 17.5 Å². The number of aryl methyl sites for hydroxylation is 1. The van der Waals surface area contributed by atoms with E-state index in [1.54, 1.807) is 30.3 Å². The number of rotatable bonds is 8. The van der Waals surface area contributed by atoms with Gasteiger partial charge in [-0.05, 0) is 55.3 Å². The molecule has 7 nitrogen and oxygen atoms in total. The minimum atomic E-state index is -0.758. The molecule has 1 N–H and O–H groups in total. The highest BCUT2D eigenvalue weighted by Crippen LogP contribution is 2.23. The number of esters is 1. The third kappa shape index (κ3) is 5.86. The van der Waals surface area contributed by atoms with Crippen molar-refractivity contribution in [1.29, 1.82) is 0 Å². The minimum absolute atomic E-state index is 0.0694. The lowest BCUT2D eigenvalue weighted by Gasteiger charge is -2.09. The van der Waals surface area contributed by atoms with Crippen LogP contribution in [0, 0.1) is 6.92 Å². The van der Waals surface area contributed by atoms with E-state index in [0.717, 1.165) is 18.4 Å². The molecule has 0 aliphatic rings. The SMILES string of the molecule is CCCCNC(=O)c1cc2ccc(OC(=O)COc3ccc(Cl)cc3C)cc2oc1=O. The topological polar surface area (TPSA) is 94.8 Å². The number of carbonyl (C=O) groups excluding carboxylic acids is 2. The summed E-state index contributed by atoms with van der Waals surface area (Å²) in [7, 11) is 0. The summed E-state index contributed by atoms with van der Waals surface area (Å²) in [6.07, 6.45) is 1.75. The molecule has 0 saturated heterocycles. The predicted molar refractivity (Wildman–Crippen MR) is 117 cm³/mol. The van der Waals surface area contributed by atoms with Crippen LogP contribution in [0.5, 0.6) is 11.5 Å². The molecular weight excluding hydrogens is 422 g/mol. The van der Waals surface area contributed by atoms with E-state index in [1.807, 2.05) is 13.8 Å². The molecule has 0 fully saturated rings. The monoisotopic (exact) mass is 443 g/mol. The molecule has 1 aromatic heterocycles. The molecule has 0 spiro atoms. The zero-order valence-electron chi connectivity index (χ0n) is 17.2. The van der Waals surface area contributed by atoms with Crippen LogP contribution in [-0.2, 0) is 4.79 Å². The van der Waals surface area contributed by atoms with Crippen molar-refractivity contribution < 1.29 is 23.5 Å². The Morgan fingerprint density at radius 2 is 1.94 bits per heavy atom. The minimum Gasteiger partial charge on any atom is -0.482 e. The lowest BCUT2D eigenvalue weighted by molar-refractivity contribution is -0.136. The lowest BCUT2D eigenvalue weighted by atomic mass is 10.1. The first-order valence-corrected chi connectivity index (χ1v) is 10.2. The van der Waals surface area contributed by atoms with Crippen LogP contribution in [0.3, 0.4) is 0 Å². The van der Waals surface area contributed by atoms with Crippen molar-refractivity contribution in [2.75, 3.05) is 13.2 Å². The molecule has 0 aliphatic heterocycles. The Morgan fingerprint density at radius 3 is 2.68 bits per heavy atom. The van der Waals surface area contributed by atoms with Gasteiger partial charge in [0.15, 0.2) is 6.61 Å². The van der Waals surface area contributed by atoms with Crippen LogP contribution in [0.15, 0.2) is 51.7 Å². The molecule has 0 bridgehead atoms. The molecule has 1 amide bonds. The summed E-state index contributed by atoms with van der Waals surface area (Å²) in [6.45, 7) is 4.00. The number of carbonyl (C=O) groups is 2. The molecule has 0 unspecified atom stereocenters. The Bertz CT molecular complexity index is 1170. The maximum Gasteiger partial charge on any atom is 0.349 e. The average Bonchev–Trinajstić information content (AvgIpc) is 2.72. The summed E-state index contributed by atoms with van der Waals surface area (Å²) in [4.78, 5) is 36.5. The second-order valence-corrected chi connectivity index (χ2v) is 7.37. The van der Waals surface area contributed by atoms with Gasteiger partial charge in [-0.15, -0.1) is 0 Å². The van der Waals surface area contributed by atoms with Crippen LogP contribution in [0.25, 0.3) is 11.0 Å². The smallest absolute Gasteiger partial charge is 0.349 e. The predicted octanol–water partition coefficient (Wildman–Crippen LogP) is 4.27. The van der Waals surface area contributed by atoms with Gasteiger partial charge in [0, 0.05) is 23.0 Å². The number of hydrogen-bond acceptors (Lipinski definition) is 6. The molecule has 1 heterocycles. The van der Waals surface area contributed by atoms with Crippen molar-refractivity contribution in [3.8, 4) is 11.5 Å². The van der Waals surface area contributed by atoms with Crippen molar-refractivity contribution >= 4 is 34.4 Å². The van der Waals surface area contributed by atoms with E-state index >= 15 is 0 Å². The van der Waals surface area contributed by atoms with Crippen molar-refractivity contribution in [2.24, 2.45) is 0 Å². The van der Waals surface area contributed by atoms with Gasteiger partial charge in [0.05, 0.1) is 0 Å². The highest BCUT2D eigenvalue weighted by atomic mass is 35.5. The van der Waals surface area contributed by atoms with Gasteiger partial charge in [0.25, 0.3) is 5.91 Å². The molecule has 0 atom stereocenters. The van der Waals surface area contributed by atoms with E-state index in [0.29, 0.717) is 22.7 Å². The molecular formula is C23H22ClNO6. The Morgan fingerprint density at radius 1 is 1.13 bits per heavy atom. The lowest BCUT2D eigenvalue weighted by Crippen LogP contribution is -2.28. The van der Waals surface area contributed by atoms with Gasteiger partial charge in [0.1, 0.15) is 22.6 Å². The van der Waals surface area contributed by atoms with Gasteiger partial charge in [-0.25, -0.2) is 9.59 Å². The van der Waals surface area contributed by atoms with Crippen molar-refractivity contribution in [3.05, 3.63) is 69.0 Å². The summed E-state index contributed by atoms with van der Waals surface area (Å²) in [5.41, 5.74) is 0.170. The van der Waals surface area contributed by atoms with Gasteiger partial charge < -0.3 is 19.2 Å². The number of halogens is 1. The highest BCUT2D eigenvalue weighted by Gasteiger charge is 2.15. The number of fused-ring (bicyclic) bond motifs is 1. The molecule has 0 saturated carbocycles. The first kappa shape index (κ1) is 22.4. The number of amides is 1. The van der Waals surface area contributed by atoms with Gasteiger partial charge in [-0.3, -0.25) is 4.79 Å². The van der Waals surface area contributed by atoms with Crippen LogP contribution < -0.4 is 20.4 Å². The maximum atomic E-state index is 12.2. The van der Waals surface area contributed by atoms with Gasteiger partial charge in [-0.1, -0.05) is 24.9 Å². The number of ether oxygens (including phenoxy) is 2. The summed E-state index contributed by atoms with van der Waals surface area (Å²) in [5.74, 6) is -0.384. The number of unbranched alkanes of at least 4 members (excludes halogenated alkanes) is 1. The Labute approximate surface area is 183 Å². The highest BCUT2D eigenvalue weighted by molar-refractivity contribution is 6.30. The Kier molecular flexibility index (Phi) is 7.31. The van der Waals surface area contributed by atoms with Gasteiger partial charge in [-0.2, -0.15) is 0 Å². The fourth-order valence-electron chi connectivity index (χ4n) is 2.86. The van der Waals surface area contributed by atoms with Crippen molar-refractivity contribution in [3.63, 3.8) is 0 Å². The third-order valence-corrected chi connectivity index (χ3v) is 4.72.